The molecule has 3 amide bonds. The Balaban J connectivity index is 1.84. The van der Waals surface area contributed by atoms with Crippen LogP contribution in [0.25, 0.3) is 0 Å². The van der Waals surface area contributed by atoms with Crippen molar-refractivity contribution in [2.75, 3.05) is 37.7 Å². The van der Waals surface area contributed by atoms with Gasteiger partial charge < -0.3 is 29.3 Å². The Hall–Kier alpha value is -3.96. The van der Waals surface area contributed by atoms with Gasteiger partial charge >= 0.3 is 12.3 Å². The fourth-order valence-electron chi connectivity index (χ4n) is 5.12. The summed E-state index contributed by atoms with van der Waals surface area (Å²) in [6.07, 6.45) is -3.02. The molecule has 1 aliphatic rings. The lowest BCUT2D eigenvalue weighted by atomic mass is 9.97. The predicted octanol–water partition coefficient (Wildman–Crippen LogP) is 6.31. The molecule has 2 aromatic rings. The van der Waals surface area contributed by atoms with Crippen LogP contribution >= 0.6 is 0 Å². The number of benzene rings is 2. The van der Waals surface area contributed by atoms with Gasteiger partial charge in [-0.2, -0.15) is 13.2 Å². The topological polar surface area (TPSA) is 97.4 Å². The number of amides is 3. The van der Waals surface area contributed by atoms with Crippen molar-refractivity contribution in [1.29, 1.82) is 0 Å². The minimum absolute atomic E-state index is 0.0237. The number of rotatable bonds is 13. The van der Waals surface area contributed by atoms with Crippen molar-refractivity contribution in [3.8, 4) is 11.5 Å². The summed E-state index contributed by atoms with van der Waals surface area (Å²) < 4.78 is 54.5. The average Bonchev–Trinajstić information content (AvgIpc) is 3.37. The van der Waals surface area contributed by atoms with Crippen molar-refractivity contribution in [1.82, 2.24) is 10.2 Å². The van der Waals surface area contributed by atoms with Crippen molar-refractivity contribution >= 4 is 23.6 Å². The number of nitrogens with zero attached hydrogens (tertiary/aromatic N) is 2. The van der Waals surface area contributed by atoms with E-state index in [1.165, 1.54) is 23.1 Å². The highest BCUT2D eigenvalue weighted by Gasteiger charge is 2.32. The second-order valence-corrected chi connectivity index (χ2v) is 12.0. The lowest BCUT2D eigenvalue weighted by Crippen LogP contribution is -2.45. The van der Waals surface area contributed by atoms with Crippen LogP contribution in [0, 0.1) is 0 Å². The van der Waals surface area contributed by atoms with E-state index in [9.17, 15) is 27.6 Å². The van der Waals surface area contributed by atoms with Gasteiger partial charge in [-0.25, -0.2) is 4.79 Å². The van der Waals surface area contributed by atoms with Crippen LogP contribution in [0.5, 0.6) is 11.5 Å². The Bertz CT molecular complexity index is 1340. The van der Waals surface area contributed by atoms with Crippen LogP contribution < -0.4 is 19.7 Å². The first kappa shape index (κ1) is 35.5. The first-order valence-corrected chi connectivity index (χ1v) is 15.3. The van der Waals surface area contributed by atoms with Crippen molar-refractivity contribution in [2.24, 2.45) is 0 Å². The SMILES string of the molecule is CCCC(=O)N1CCc2cc(C[C@@H](C)N(CCOc3ccccc3OCC(F)(F)F)C(=O)OC(C)(C)C)cc(C(=O)NCC)c21. The highest BCUT2D eigenvalue weighted by molar-refractivity contribution is 6.06. The molecule has 3 rings (SSSR count). The normalized spacial score (nSPS) is 13.6. The number of alkyl halides is 3. The number of hydrogen-bond donors (Lipinski definition) is 1. The minimum Gasteiger partial charge on any atom is -0.488 e. The fraction of sp³-hybridized carbons (Fsp3) is 0.545. The molecule has 2 aromatic carbocycles. The molecule has 0 aliphatic carbocycles. The lowest BCUT2D eigenvalue weighted by molar-refractivity contribution is -0.153. The smallest absolute Gasteiger partial charge is 0.422 e. The first-order valence-electron chi connectivity index (χ1n) is 15.3. The van der Waals surface area contributed by atoms with E-state index in [-0.39, 0.29) is 36.5 Å². The fourth-order valence-corrected chi connectivity index (χ4v) is 5.12. The van der Waals surface area contributed by atoms with Gasteiger partial charge in [0.25, 0.3) is 5.91 Å². The average molecular weight is 636 g/mol. The van der Waals surface area contributed by atoms with E-state index in [2.05, 4.69) is 5.32 Å². The van der Waals surface area contributed by atoms with Crippen molar-refractivity contribution in [3.05, 3.63) is 53.1 Å². The maximum absolute atomic E-state index is 13.3. The van der Waals surface area contributed by atoms with Gasteiger partial charge in [0, 0.05) is 25.6 Å². The van der Waals surface area contributed by atoms with Crippen LogP contribution in [0.1, 0.15) is 75.9 Å². The zero-order chi connectivity index (χ0) is 33.4. The summed E-state index contributed by atoms with van der Waals surface area (Å²) in [7, 11) is 0. The molecule has 9 nitrogen and oxygen atoms in total. The van der Waals surface area contributed by atoms with E-state index in [0.717, 1.165) is 11.1 Å². The number of para-hydroxylation sites is 2. The van der Waals surface area contributed by atoms with E-state index >= 15 is 0 Å². The number of anilines is 1. The molecule has 0 unspecified atom stereocenters. The summed E-state index contributed by atoms with van der Waals surface area (Å²) in [5.41, 5.74) is 1.99. The van der Waals surface area contributed by atoms with Gasteiger partial charge in [0.15, 0.2) is 18.1 Å². The molecule has 1 heterocycles. The molecule has 0 spiro atoms. The molecule has 1 N–H and O–H groups in total. The predicted molar refractivity (Wildman–Crippen MR) is 165 cm³/mol. The van der Waals surface area contributed by atoms with Gasteiger partial charge in [0.05, 0.1) is 17.8 Å². The number of ether oxygens (including phenoxy) is 3. The lowest BCUT2D eigenvalue weighted by Gasteiger charge is -2.32. The van der Waals surface area contributed by atoms with E-state index in [1.807, 2.05) is 26.8 Å². The van der Waals surface area contributed by atoms with Crippen LogP contribution in [0.3, 0.4) is 0 Å². The van der Waals surface area contributed by atoms with Crippen LogP contribution in [0.2, 0.25) is 0 Å². The summed E-state index contributed by atoms with van der Waals surface area (Å²) >= 11 is 0. The molecular formula is C33H44F3N3O6. The maximum atomic E-state index is 13.3. The zero-order valence-corrected chi connectivity index (χ0v) is 26.9. The quantitative estimate of drug-likeness (QED) is 0.277. The number of nitrogens with one attached hydrogen (secondary N) is 1. The van der Waals surface area contributed by atoms with E-state index in [4.69, 9.17) is 14.2 Å². The Morgan fingerprint density at radius 2 is 1.71 bits per heavy atom. The Kier molecular flexibility index (Phi) is 12.1. The summed E-state index contributed by atoms with van der Waals surface area (Å²) in [4.78, 5) is 42.5. The summed E-state index contributed by atoms with van der Waals surface area (Å²) in [6, 6.07) is 9.36. The summed E-state index contributed by atoms with van der Waals surface area (Å²) in [5, 5.41) is 2.84. The van der Waals surface area contributed by atoms with Gasteiger partial charge in [-0.1, -0.05) is 25.1 Å². The van der Waals surface area contributed by atoms with Crippen LogP contribution in [-0.2, 0) is 22.4 Å². The molecular weight excluding hydrogens is 591 g/mol. The molecule has 0 radical (unpaired) electrons. The zero-order valence-electron chi connectivity index (χ0n) is 26.9. The van der Waals surface area contributed by atoms with Gasteiger partial charge in [-0.05, 0) is 83.2 Å². The monoisotopic (exact) mass is 635 g/mol. The standard InChI is InChI=1S/C33H44F3N3O6/c1-7-11-28(40)39-15-14-24-19-23(20-25(29(24)39)30(41)37-8-2)18-22(3)38(31(42)45-32(4,5)6)16-17-43-26-12-9-10-13-27(26)44-21-33(34,35)36/h9-10,12-13,19-20,22H,7-8,11,14-18,21H2,1-6H3,(H,37,41)/t22-/m1/s1. The van der Waals surface area contributed by atoms with Crippen molar-refractivity contribution < 1.29 is 41.8 Å². The first-order chi connectivity index (χ1) is 21.1. The van der Waals surface area contributed by atoms with Crippen molar-refractivity contribution in [3.63, 3.8) is 0 Å². The molecule has 0 aromatic heterocycles. The third-order valence-corrected chi connectivity index (χ3v) is 6.99. The number of hydrogen-bond acceptors (Lipinski definition) is 6. The number of fused-ring (bicyclic) bond motifs is 1. The number of carbonyl (C=O) groups is 3. The largest absolute Gasteiger partial charge is 0.488 e. The van der Waals surface area contributed by atoms with Gasteiger partial charge in [0.1, 0.15) is 12.2 Å². The maximum Gasteiger partial charge on any atom is 0.422 e. The van der Waals surface area contributed by atoms with E-state index in [0.29, 0.717) is 50.0 Å². The number of halogens is 3. The molecule has 1 aliphatic heterocycles. The van der Waals surface area contributed by atoms with Gasteiger partial charge in [0.2, 0.25) is 5.91 Å². The van der Waals surface area contributed by atoms with Gasteiger partial charge in [-0.3, -0.25) is 9.59 Å². The third-order valence-electron chi connectivity index (χ3n) is 6.99. The molecule has 0 fully saturated rings. The van der Waals surface area contributed by atoms with E-state index in [1.54, 1.807) is 37.8 Å². The van der Waals surface area contributed by atoms with Crippen LogP contribution in [0.4, 0.5) is 23.7 Å². The molecule has 0 bridgehead atoms. The van der Waals surface area contributed by atoms with E-state index < -0.39 is 30.5 Å². The van der Waals surface area contributed by atoms with Gasteiger partial charge in [-0.15, -0.1) is 0 Å². The van der Waals surface area contributed by atoms with Crippen LogP contribution in [0.15, 0.2) is 36.4 Å². The second-order valence-electron chi connectivity index (χ2n) is 12.0. The van der Waals surface area contributed by atoms with Crippen molar-refractivity contribution in [2.45, 2.75) is 85.0 Å². The molecule has 45 heavy (non-hydrogen) atoms. The summed E-state index contributed by atoms with van der Waals surface area (Å²) in [6.45, 7) is 10.4. The third kappa shape index (κ3) is 10.3. The van der Waals surface area contributed by atoms with Crippen LogP contribution in [-0.4, -0.2) is 73.5 Å². The summed E-state index contributed by atoms with van der Waals surface area (Å²) in [5.74, 6) is -0.243. The molecule has 0 saturated carbocycles. The minimum atomic E-state index is -4.51. The molecule has 12 heteroatoms. The molecule has 1 atom stereocenters. The molecule has 248 valence electrons. The Morgan fingerprint density at radius 1 is 1.04 bits per heavy atom. The number of carbonyl (C=O) groups excluding carboxylic acids is 3. The highest BCUT2D eigenvalue weighted by Crippen LogP contribution is 2.35. The Morgan fingerprint density at radius 3 is 2.31 bits per heavy atom. The second kappa shape index (κ2) is 15.4. The highest BCUT2D eigenvalue weighted by atomic mass is 19.4. The Labute approximate surface area is 263 Å². The molecule has 0 saturated heterocycles.